The number of nitrogens with zero attached hydrogens (tertiary/aromatic N) is 2. The Kier molecular flexibility index (Phi) is 3.53. The summed E-state index contributed by atoms with van der Waals surface area (Å²) in [6.45, 7) is 0.487. The van der Waals surface area contributed by atoms with Gasteiger partial charge in [0.1, 0.15) is 0 Å². The van der Waals surface area contributed by atoms with E-state index in [2.05, 4.69) is 36.9 Å². The van der Waals surface area contributed by atoms with Gasteiger partial charge in [0.25, 0.3) is 5.91 Å². The molecule has 0 aliphatic heterocycles. The molecule has 0 fully saturated rings. The molecule has 1 heterocycles. The number of H-pyrrole nitrogens is 1. The quantitative estimate of drug-likeness (QED) is 0.777. The van der Waals surface area contributed by atoms with Crippen molar-refractivity contribution in [3.05, 3.63) is 18.0 Å². The lowest BCUT2D eigenvalue weighted by Crippen LogP contribution is -2.24. The van der Waals surface area contributed by atoms with Gasteiger partial charge in [0, 0.05) is 35.1 Å². The summed E-state index contributed by atoms with van der Waals surface area (Å²) in [4.78, 5) is 15.0. The molecule has 0 saturated heterocycles. The normalized spacial score (nSPS) is 8.77. The zero-order chi connectivity index (χ0) is 9.68. The summed E-state index contributed by atoms with van der Waals surface area (Å²) in [5, 5.41) is 6.53. The zero-order valence-electron chi connectivity index (χ0n) is 7.04. The Bertz CT molecular complexity index is 336. The van der Waals surface area contributed by atoms with Crippen LogP contribution in [0.1, 0.15) is 5.69 Å². The number of carbonyl (C=O) groups is 1. The highest BCUT2D eigenvalue weighted by atomic mass is 79.9. The highest BCUT2D eigenvalue weighted by Crippen LogP contribution is 1.97. The third-order valence-corrected chi connectivity index (χ3v) is 1.67. The second-order valence-electron chi connectivity index (χ2n) is 2.46. The van der Waals surface area contributed by atoms with Crippen molar-refractivity contribution in [2.75, 3.05) is 7.05 Å². The molecular formula is C8H8BrN3O. The Balaban J connectivity index is 2.54. The molecule has 0 unspecified atom stereocenters. The summed E-state index contributed by atoms with van der Waals surface area (Å²) >= 11 is 2.87. The van der Waals surface area contributed by atoms with Gasteiger partial charge in [-0.2, -0.15) is 5.10 Å². The first-order valence-corrected chi connectivity index (χ1v) is 4.38. The molecule has 13 heavy (non-hydrogen) atoms. The van der Waals surface area contributed by atoms with Crippen LogP contribution in [-0.2, 0) is 11.3 Å². The van der Waals surface area contributed by atoms with Crippen molar-refractivity contribution >= 4 is 21.8 Å². The van der Waals surface area contributed by atoms with E-state index < -0.39 is 0 Å². The van der Waals surface area contributed by atoms with E-state index in [9.17, 15) is 4.79 Å². The van der Waals surface area contributed by atoms with Gasteiger partial charge >= 0.3 is 0 Å². The predicted octanol–water partition coefficient (Wildman–Crippen LogP) is 0.724. The fourth-order valence-corrected chi connectivity index (χ4v) is 1.01. The van der Waals surface area contributed by atoms with Crippen LogP contribution in [0.3, 0.4) is 0 Å². The van der Waals surface area contributed by atoms with Crippen molar-refractivity contribution in [1.29, 1.82) is 0 Å². The Labute approximate surface area is 84.4 Å². The number of aromatic nitrogens is 2. The van der Waals surface area contributed by atoms with E-state index in [0.29, 0.717) is 6.54 Å². The maximum Gasteiger partial charge on any atom is 0.299 e. The number of rotatable bonds is 2. The largest absolute Gasteiger partial charge is 0.329 e. The monoisotopic (exact) mass is 241 g/mol. The fraction of sp³-hybridized carbons (Fsp3) is 0.250. The van der Waals surface area contributed by atoms with E-state index in [4.69, 9.17) is 0 Å². The minimum Gasteiger partial charge on any atom is -0.329 e. The molecule has 0 spiro atoms. The van der Waals surface area contributed by atoms with Gasteiger partial charge in [0.15, 0.2) is 0 Å². The van der Waals surface area contributed by atoms with Gasteiger partial charge in [-0.1, -0.05) is 0 Å². The van der Waals surface area contributed by atoms with E-state index >= 15 is 0 Å². The zero-order valence-corrected chi connectivity index (χ0v) is 8.63. The lowest BCUT2D eigenvalue weighted by atomic mass is 10.4. The first-order valence-electron chi connectivity index (χ1n) is 3.59. The topological polar surface area (TPSA) is 49.0 Å². The Morgan fingerprint density at radius 3 is 3.15 bits per heavy atom. The van der Waals surface area contributed by atoms with Crippen molar-refractivity contribution in [3.63, 3.8) is 0 Å². The first kappa shape index (κ1) is 9.81. The van der Waals surface area contributed by atoms with Crippen LogP contribution in [-0.4, -0.2) is 28.1 Å². The lowest BCUT2D eigenvalue weighted by molar-refractivity contribution is -0.124. The molecule has 0 atom stereocenters. The minimum atomic E-state index is -0.230. The SMILES string of the molecule is CN(Cc1ccn[nH]1)C(=O)C#CBr. The summed E-state index contributed by atoms with van der Waals surface area (Å²) < 4.78 is 0. The Morgan fingerprint density at radius 2 is 2.62 bits per heavy atom. The van der Waals surface area contributed by atoms with Crippen LogP contribution in [0.5, 0.6) is 0 Å². The van der Waals surface area contributed by atoms with E-state index in [0.717, 1.165) is 5.69 Å². The molecule has 1 N–H and O–H groups in total. The van der Waals surface area contributed by atoms with Crippen LogP contribution >= 0.6 is 15.9 Å². The Morgan fingerprint density at radius 1 is 1.85 bits per heavy atom. The number of aromatic amines is 1. The molecule has 4 nitrogen and oxygen atoms in total. The molecule has 1 aromatic rings. The molecule has 1 amide bonds. The number of hydrogen-bond donors (Lipinski definition) is 1. The molecule has 0 aliphatic rings. The van der Waals surface area contributed by atoms with Crippen LogP contribution in [0.15, 0.2) is 12.3 Å². The van der Waals surface area contributed by atoms with Crippen LogP contribution in [0.2, 0.25) is 0 Å². The van der Waals surface area contributed by atoms with Crippen molar-refractivity contribution in [2.24, 2.45) is 0 Å². The standard InChI is InChI=1S/C8H8BrN3O/c1-12(8(13)2-4-9)6-7-3-5-10-11-7/h3,5H,6H2,1H3,(H,10,11). The summed E-state index contributed by atoms with van der Waals surface area (Å²) in [5.41, 5.74) is 0.882. The van der Waals surface area contributed by atoms with Crippen molar-refractivity contribution in [3.8, 4) is 10.8 Å². The number of halogens is 1. The lowest BCUT2D eigenvalue weighted by Gasteiger charge is -2.11. The average molecular weight is 242 g/mol. The van der Waals surface area contributed by atoms with Crippen molar-refractivity contribution in [1.82, 2.24) is 15.1 Å². The van der Waals surface area contributed by atoms with Crippen LogP contribution in [0.25, 0.3) is 0 Å². The minimum absolute atomic E-state index is 0.230. The summed E-state index contributed by atoms with van der Waals surface area (Å²) in [6, 6.07) is 1.81. The molecule has 0 bridgehead atoms. The summed E-state index contributed by atoms with van der Waals surface area (Å²) in [7, 11) is 1.68. The van der Waals surface area contributed by atoms with Gasteiger partial charge < -0.3 is 4.90 Å². The average Bonchev–Trinajstić information content (AvgIpc) is 2.57. The number of nitrogens with one attached hydrogen (secondary N) is 1. The third-order valence-electron chi connectivity index (χ3n) is 1.47. The van der Waals surface area contributed by atoms with Crippen LogP contribution in [0, 0.1) is 10.8 Å². The third kappa shape index (κ3) is 2.92. The predicted molar refractivity (Wildman–Crippen MR) is 51.8 cm³/mol. The van der Waals surface area contributed by atoms with Crippen LogP contribution < -0.4 is 0 Å². The smallest absolute Gasteiger partial charge is 0.299 e. The maximum atomic E-state index is 11.2. The van der Waals surface area contributed by atoms with Gasteiger partial charge in [-0.05, 0) is 10.9 Å². The highest BCUT2D eigenvalue weighted by molar-refractivity contribution is 9.12. The molecule has 5 heteroatoms. The maximum absolute atomic E-state index is 11.2. The van der Waals surface area contributed by atoms with Gasteiger partial charge in [-0.15, -0.1) is 0 Å². The van der Waals surface area contributed by atoms with E-state index in [-0.39, 0.29) is 5.91 Å². The molecule has 0 aliphatic carbocycles. The highest BCUT2D eigenvalue weighted by Gasteiger charge is 2.05. The molecule has 1 rings (SSSR count). The van der Waals surface area contributed by atoms with Crippen molar-refractivity contribution < 1.29 is 4.79 Å². The molecular weight excluding hydrogens is 234 g/mol. The second-order valence-corrected chi connectivity index (χ2v) is 2.86. The Hall–Kier alpha value is -1.28. The first-order chi connectivity index (χ1) is 6.24. The second kappa shape index (κ2) is 4.67. The molecule has 68 valence electrons. The summed E-state index contributed by atoms with van der Waals surface area (Å²) in [5.74, 6) is 2.15. The fourth-order valence-electron chi connectivity index (χ4n) is 0.836. The van der Waals surface area contributed by atoms with E-state index in [1.54, 1.807) is 13.2 Å². The molecule has 0 radical (unpaired) electrons. The molecule has 0 saturated carbocycles. The summed E-state index contributed by atoms with van der Waals surface area (Å²) in [6.07, 6.45) is 1.64. The van der Waals surface area contributed by atoms with E-state index in [1.165, 1.54) is 4.90 Å². The van der Waals surface area contributed by atoms with Gasteiger partial charge in [0.2, 0.25) is 0 Å². The van der Waals surface area contributed by atoms with E-state index in [1.807, 2.05) is 6.07 Å². The van der Waals surface area contributed by atoms with Crippen molar-refractivity contribution in [2.45, 2.75) is 6.54 Å². The van der Waals surface area contributed by atoms with Gasteiger partial charge in [-0.3, -0.25) is 9.89 Å². The van der Waals surface area contributed by atoms with Crippen LogP contribution in [0.4, 0.5) is 0 Å². The van der Waals surface area contributed by atoms with Gasteiger partial charge in [-0.25, -0.2) is 0 Å². The number of amides is 1. The van der Waals surface area contributed by atoms with Gasteiger partial charge in [0.05, 0.1) is 12.2 Å². The number of carbonyl (C=O) groups excluding carboxylic acids is 1. The molecule has 1 aromatic heterocycles. The molecule has 0 aromatic carbocycles. The number of hydrogen-bond acceptors (Lipinski definition) is 2.